The fourth-order valence-electron chi connectivity index (χ4n) is 1.95. The van der Waals surface area contributed by atoms with Gasteiger partial charge in [-0.1, -0.05) is 28.9 Å². The molecule has 2 aromatic carbocycles. The third kappa shape index (κ3) is 5.39. The van der Waals surface area contributed by atoms with E-state index in [0.717, 1.165) is 10.9 Å². The quantitative estimate of drug-likeness (QED) is 0.429. The van der Waals surface area contributed by atoms with Gasteiger partial charge in [0.25, 0.3) is 11.6 Å². The topological polar surface area (TPSA) is 93.8 Å². The summed E-state index contributed by atoms with van der Waals surface area (Å²) in [5.41, 5.74) is 3.05. The molecule has 0 spiro atoms. The lowest BCUT2D eigenvalue weighted by atomic mass is 10.2. The molecule has 0 fully saturated rings. The summed E-state index contributed by atoms with van der Waals surface area (Å²) in [6, 6.07) is 10.9. The van der Waals surface area contributed by atoms with Crippen LogP contribution in [0.4, 0.5) is 5.69 Å². The summed E-state index contributed by atoms with van der Waals surface area (Å²) in [5.74, 6) is 0.115. The normalized spacial score (nSPS) is 10.6. The number of hydrazone groups is 1. The third-order valence-electron chi connectivity index (χ3n) is 3.12. The molecule has 1 N–H and O–H groups in total. The summed E-state index contributed by atoms with van der Waals surface area (Å²) in [7, 11) is 0. The van der Waals surface area contributed by atoms with E-state index in [-0.39, 0.29) is 11.3 Å². The molecule has 7 nitrogen and oxygen atoms in total. The molecule has 0 radical (unpaired) electrons. The van der Waals surface area contributed by atoms with E-state index >= 15 is 0 Å². The van der Waals surface area contributed by atoms with Crippen LogP contribution in [-0.4, -0.2) is 23.7 Å². The minimum atomic E-state index is -0.557. The van der Waals surface area contributed by atoms with Crippen LogP contribution in [0, 0.1) is 10.1 Å². The van der Waals surface area contributed by atoms with Crippen molar-refractivity contribution in [2.75, 3.05) is 6.61 Å². The van der Waals surface area contributed by atoms with E-state index in [4.69, 9.17) is 4.74 Å². The first-order chi connectivity index (χ1) is 12.0. The van der Waals surface area contributed by atoms with Crippen LogP contribution in [0.1, 0.15) is 29.3 Å². The van der Waals surface area contributed by atoms with Crippen LogP contribution in [0.15, 0.2) is 52.0 Å². The van der Waals surface area contributed by atoms with Gasteiger partial charge >= 0.3 is 0 Å². The summed E-state index contributed by atoms with van der Waals surface area (Å²) < 4.78 is 6.48. The number of carbonyl (C=O) groups is 1. The molecular formula is C17H16BrN3O4. The lowest BCUT2D eigenvalue weighted by Crippen LogP contribution is -2.17. The molecule has 130 valence electrons. The molecule has 0 aliphatic heterocycles. The highest BCUT2D eigenvalue weighted by atomic mass is 79.9. The first-order valence-electron chi connectivity index (χ1n) is 7.51. The van der Waals surface area contributed by atoms with Crippen LogP contribution in [0.3, 0.4) is 0 Å². The second-order valence-corrected chi connectivity index (χ2v) is 5.95. The Balaban J connectivity index is 2.10. The van der Waals surface area contributed by atoms with E-state index in [0.29, 0.717) is 17.9 Å². The second-order valence-electron chi connectivity index (χ2n) is 5.04. The average molecular weight is 406 g/mol. The summed E-state index contributed by atoms with van der Waals surface area (Å²) in [6.07, 6.45) is 2.33. The number of nitrogens with one attached hydrogen (secondary N) is 1. The summed E-state index contributed by atoms with van der Waals surface area (Å²) in [6.45, 7) is 2.58. The van der Waals surface area contributed by atoms with E-state index in [2.05, 4.69) is 26.5 Å². The van der Waals surface area contributed by atoms with Crippen molar-refractivity contribution in [2.24, 2.45) is 5.10 Å². The van der Waals surface area contributed by atoms with Crippen molar-refractivity contribution in [1.29, 1.82) is 0 Å². The molecule has 0 aliphatic carbocycles. The van der Waals surface area contributed by atoms with Crippen LogP contribution in [-0.2, 0) is 0 Å². The Morgan fingerprint density at radius 3 is 2.88 bits per heavy atom. The zero-order chi connectivity index (χ0) is 18.2. The van der Waals surface area contributed by atoms with Gasteiger partial charge in [0.15, 0.2) is 0 Å². The van der Waals surface area contributed by atoms with Crippen LogP contribution < -0.4 is 10.2 Å². The molecule has 2 rings (SSSR count). The fourth-order valence-corrected chi connectivity index (χ4v) is 2.33. The highest BCUT2D eigenvalue weighted by Crippen LogP contribution is 2.22. The van der Waals surface area contributed by atoms with Crippen molar-refractivity contribution in [3.05, 3.63) is 68.2 Å². The predicted octanol–water partition coefficient (Wildman–Crippen LogP) is 3.91. The van der Waals surface area contributed by atoms with Gasteiger partial charge in [0.1, 0.15) is 5.75 Å². The number of amides is 1. The Morgan fingerprint density at radius 1 is 1.36 bits per heavy atom. The molecule has 0 saturated carbocycles. The van der Waals surface area contributed by atoms with Gasteiger partial charge in [-0.3, -0.25) is 14.9 Å². The van der Waals surface area contributed by atoms with Gasteiger partial charge in [0.05, 0.1) is 17.7 Å². The van der Waals surface area contributed by atoms with Gasteiger partial charge in [-0.05, 0) is 30.7 Å². The molecule has 0 bridgehead atoms. The Bertz CT molecular complexity index is 808. The van der Waals surface area contributed by atoms with E-state index < -0.39 is 10.8 Å². The minimum absolute atomic E-state index is 0.154. The van der Waals surface area contributed by atoms with Crippen molar-refractivity contribution in [1.82, 2.24) is 5.43 Å². The van der Waals surface area contributed by atoms with Crippen LogP contribution in [0.25, 0.3) is 0 Å². The number of non-ortho nitro benzene ring substituents is 1. The number of ether oxygens (including phenoxy) is 1. The van der Waals surface area contributed by atoms with Crippen molar-refractivity contribution >= 4 is 33.7 Å². The van der Waals surface area contributed by atoms with Gasteiger partial charge in [0.2, 0.25) is 0 Å². The van der Waals surface area contributed by atoms with Crippen LogP contribution >= 0.6 is 15.9 Å². The Hall–Kier alpha value is -2.74. The zero-order valence-electron chi connectivity index (χ0n) is 13.4. The lowest BCUT2D eigenvalue weighted by molar-refractivity contribution is -0.384. The number of hydrogen-bond donors (Lipinski definition) is 1. The molecule has 0 aliphatic rings. The van der Waals surface area contributed by atoms with Crippen LogP contribution in [0.5, 0.6) is 5.75 Å². The molecular weight excluding hydrogens is 390 g/mol. The lowest BCUT2D eigenvalue weighted by Gasteiger charge is -2.08. The smallest absolute Gasteiger partial charge is 0.271 e. The maximum Gasteiger partial charge on any atom is 0.271 e. The highest BCUT2D eigenvalue weighted by Gasteiger charge is 2.10. The van der Waals surface area contributed by atoms with Crippen LogP contribution in [0.2, 0.25) is 0 Å². The Labute approximate surface area is 153 Å². The molecule has 2 aromatic rings. The van der Waals surface area contributed by atoms with Crippen molar-refractivity contribution in [3.8, 4) is 5.75 Å². The first-order valence-corrected chi connectivity index (χ1v) is 8.30. The second kappa shape index (κ2) is 8.93. The summed E-state index contributed by atoms with van der Waals surface area (Å²) >= 11 is 3.38. The van der Waals surface area contributed by atoms with E-state index in [9.17, 15) is 14.9 Å². The van der Waals surface area contributed by atoms with Gasteiger partial charge < -0.3 is 4.74 Å². The fraction of sp³-hybridized carbons (Fsp3) is 0.176. The number of halogens is 1. The largest absolute Gasteiger partial charge is 0.493 e. The number of nitrogens with zero attached hydrogens (tertiary/aromatic N) is 2. The first kappa shape index (κ1) is 18.6. The van der Waals surface area contributed by atoms with Crippen molar-refractivity contribution in [3.63, 3.8) is 0 Å². The number of hydrogen-bond acceptors (Lipinski definition) is 5. The van der Waals surface area contributed by atoms with Gasteiger partial charge in [0, 0.05) is 27.7 Å². The zero-order valence-corrected chi connectivity index (χ0v) is 15.0. The molecule has 1 amide bonds. The maximum absolute atomic E-state index is 12.0. The maximum atomic E-state index is 12.0. The number of rotatable bonds is 7. The monoisotopic (exact) mass is 405 g/mol. The molecule has 0 atom stereocenters. The number of carbonyl (C=O) groups excluding carboxylic acids is 1. The summed E-state index contributed by atoms with van der Waals surface area (Å²) in [5, 5.41) is 14.7. The van der Waals surface area contributed by atoms with Gasteiger partial charge in [-0.15, -0.1) is 0 Å². The number of benzene rings is 2. The summed E-state index contributed by atoms with van der Waals surface area (Å²) in [4.78, 5) is 22.2. The van der Waals surface area contributed by atoms with E-state index in [1.165, 1.54) is 30.5 Å². The number of nitro benzene ring substituents is 1. The van der Waals surface area contributed by atoms with Crippen molar-refractivity contribution in [2.45, 2.75) is 13.3 Å². The molecule has 0 unspecified atom stereocenters. The molecule has 0 aromatic heterocycles. The molecule has 8 heteroatoms. The Morgan fingerprint density at radius 2 is 2.16 bits per heavy atom. The van der Waals surface area contributed by atoms with Gasteiger partial charge in [-0.2, -0.15) is 5.10 Å². The van der Waals surface area contributed by atoms with E-state index in [1.807, 2.05) is 25.1 Å². The number of nitro groups is 1. The third-order valence-corrected chi connectivity index (χ3v) is 3.62. The average Bonchev–Trinajstić information content (AvgIpc) is 2.61. The SMILES string of the molecule is CCCOc1ccc(Br)cc1C=NNC(=O)c1cccc([N+](=O)[O-])c1. The standard InChI is InChI=1S/C17H16BrN3O4/c1-2-8-25-16-7-6-14(18)9-13(16)11-19-20-17(22)12-4-3-5-15(10-12)21(23)24/h3-7,9-11H,2,8H2,1H3,(H,20,22). The molecule has 0 saturated heterocycles. The van der Waals surface area contributed by atoms with Gasteiger partial charge in [-0.25, -0.2) is 5.43 Å². The minimum Gasteiger partial charge on any atom is -0.493 e. The predicted molar refractivity (Wildman–Crippen MR) is 98.1 cm³/mol. The molecule has 25 heavy (non-hydrogen) atoms. The molecule has 0 heterocycles. The van der Waals surface area contributed by atoms with Crippen molar-refractivity contribution < 1.29 is 14.5 Å². The Kier molecular flexibility index (Phi) is 6.64. The van der Waals surface area contributed by atoms with E-state index in [1.54, 1.807) is 0 Å². The highest BCUT2D eigenvalue weighted by molar-refractivity contribution is 9.10.